The second kappa shape index (κ2) is 5.60. The maximum absolute atomic E-state index is 13.3. The van der Waals surface area contributed by atoms with E-state index in [1.807, 2.05) is 18.2 Å². The first-order valence-electron chi connectivity index (χ1n) is 10.0. The van der Waals surface area contributed by atoms with Gasteiger partial charge in [-0.2, -0.15) is 0 Å². The standard InChI is InChI=1S/C24H27NO2/c1-23(2)11-18-12-24(3,14-23)15-25(18)21(26)10-17-13-27-20-9-8-16-6-4-5-7-19(16)22(17)20/h4-9,13,18H,10-12,14-15H2,1-3H3/t18-,24-/m0/s1. The van der Waals surface area contributed by atoms with E-state index < -0.39 is 0 Å². The molecule has 1 aliphatic heterocycles. The Hall–Kier alpha value is -2.29. The van der Waals surface area contributed by atoms with Crippen LogP contribution in [0.25, 0.3) is 21.7 Å². The Kier molecular flexibility index (Phi) is 3.50. The summed E-state index contributed by atoms with van der Waals surface area (Å²) < 4.78 is 5.79. The maximum Gasteiger partial charge on any atom is 0.227 e. The monoisotopic (exact) mass is 361 g/mol. The molecule has 0 spiro atoms. The van der Waals surface area contributed by atoms with Crippen molar-refractivity contribution in [3.8, 4) is 0 Å². The average Bonchev–Trinajstić information content (AvgIpc) is 3.12. The highest BCUT2D eigenvalue weighted by Crippen LogP contribution is 2.52. The molecule has 5 rings (SSSR count). The van der Waals surface area contributed by atoms with Gasteiger partial charge in [0.25, 0.3) is 0 Å². The van der Waals surface area contributed by atoms with E-state index in [1.54, 1.807) is 6.26 Å². The third-order valence-electron chi connectivity index (χ3n) is 6.62. The highest BCUT2D eigenvalue weighted by Gasteiger charge is 2.50. The summed E-state index contributed by atoms with van der Waals surface area (Å²) in [6.45, 7) is 7.95. The van der Waals surface area contributed by atoms with E-state index in [-0.39, 0.29) is 11.3 Å². The maximum atomic E-state index is 13.3. The summed E-state index contributed by atoms with van der Waals surface area (Å²) in [6.07, 6.45) is 5.68. The number of hydrogen-bond donors (Lipinski definition) is 0. The van der Waals surface area contributed by atoms with Crippen LogP contribution < -0.4 is 0 Å². The third kappa shape index (κ3) is 2.75. The fourth-order valence-corrected chi connectivity index (χ4v) is 6.02. The Morgan fingerprint density at radius 3 is 2.81 bits per heavy atom. The average molecular weight is 361 g/mol. The number of nitrogens with zero attached hydrogens (tertiary/aromatic N) is 1. The van der Waals surface area contributed by atoms with Crippen molar-refractivity contribution in [1.82, 2.24) is 4.90 Å². The smallest absolute Gasteiger partial charge is 0.227 e. The Morgan fingerprint density at radius 2 is 1.96 bits per heavy atom. The molecule has 2 aromatic carbocycles. The van der Waals surface area contributed by atoms with Crippen LogP contribution in [0.4, 0.5) is 0 Å². The van der Waals surface area contributed by atoms with E-state index >= 15 is 0 Å². The van der Waals surface area contributed by atoms with Gasteiger partial charge in [0.1, 0.15) is 5.58 Å². The zero-order chi connectivity index (χ0) is 18.8. The fourth-order valence-electron chi connectivity index (χ4n) is 6.02. The molecule has 1 saturated carbocycles. The number of likely N-dealkylation sites (tertiary alicyclic amines) is 1. The van der Waals surface area contributed by atoms with E-state index in [4.69, 9.17) is 4.42 Å². The molecule has 1 aliphatic carbocycles. The summed E-state index contributed by atoms with van der Waals surface area (Å²) in [7, 11) is 0. The van der Waals surface area contributed by atoms with Crippen LogP contribution >= 0.6 is 0 Å². The van der Waals surface area contributed by atoms with Crippen molar-refractivity contribution in [3.63, 3.8) is 0 Å². The van der Waals surface area contributed by atoms with Gasteiger partial charge in [-0.15, -0.1) is 0 Å². The van der Waals surface area contributed by atoms with Crippen LogP contribution in [0.1, 0.15) is 45.6 Å². The number of fused-ring (bicyclic) bond motifs is 5. The minimum atomic E-state index is 0.247. The lowest BCUT2D eigenvalue weighted by atomic mass is 9.65. The highest BCUT2D eigenvalue weighted by molar-refractivity contribution is 6.08. The number of hydrogen-bond acceptors (Lipinski definition) is 2. The molecule has 2 bridgehead atoms. The highest BCUT2D eigenvalue weighted by atomic mass is 16.3. The SMILES string of the molecule is CC1(C)C[C@H]2C[C@](C)(CN2C(=O)Cc2coc3ccc4ccccc4c23)C1. The van der Waals surface area contributed by atoms with Gasteiger partial charge in [-0.3, -0.25) is 4.79 Å². The van der Waals surface area contributed by atoms with Gasteiger partial charge in [0, 0.05) is 23.5 Å². The second-order valence-electron chi connectivity index (χ2n) is 9.83. The number of rotatable bonds is 2. The van der Waals surface area contributed by atoms with Gasteiger partial charge < -0.3 is 9.32 Å². The van der Waals surface area contributed by atoms with Crippen molar-refractivity contribution in [2.45, 2.75) is 52.5 Å². The van der Waals surface area contributed by atoms with E-state index in [9.17, 15) is 4.79 Å². The first kappa shape index (κ1) is 16.9. The minimum absolute atomic E-state index is 0.247. The predicted octanol–water partition coefficient (Wildman–Crippen LogP) is 5.56. The molecular weight excluding hydrogens is 334 g/mol. The molecule has 2 aliphatic rings. The lowest BCUT2D eigenvalue weighted by Crippen LogP contribution is -2.38. The summed E-state index contributed by atoms with van der Waals surface area (Å²) in [4.78, 5) is 15.4. The molecule has 2 atom stereocenters. The molecule has 0 unspecified atom stereocenters. The van der Waals surface area contributed by atoms with Crippen LogP contribution in [-0.2, 0) is 11.2 Å². The molecule has 1 amide bonds. The molecule has 3 heteroatoms. The Balaban J connectivity index is 1.48. The summed E-state index contributed by atoms with van der Waals surface area (Å²) in [5.41, 5.74) is 2.47. The normalized spacial score (nSPS) is 26.8. The van der Waals surface area contributed by atoms with Crippen molar-refractivity contribution in [2.24, 2.45) is 10.8 Å². The van der Waals surface area contributed by atoms with Crippen molar-refractivity contribution < 1.29 is 9.21 Å². The first-order chi connectivity index (χ1) is 12.8. The van der Waals surface area contributed by atoms with Crippen molar-refractivity contribution in [1.29, 1.82) is 0 Å². The van der Waals surface area contributed by atoms with Gasteiger partial charge in [0.05, 0.1) is 12.7 Å². The van der Waals surface area contributed by atoms with Gasteiger partial charge in [0.15, 0.2) is 0 Å². The van der Waals surface area contributed by atoms with E-state index in [0.29, 0.717) is 17.9 Å². The number of benzene rings is 2. The van der Waals surface area contributed by atoms with E-state index in [1.165, 1.54) is 17.2 Å². The van der Waals surface area contributed by atoms with Gasteiger partial charge in [0.2, 0.25) is 5.91 Å². The number of amides is 1. The Labute approximate surface area is 160 Å². The molecule has 2 fully saturated rings. The van der Waals surface area contributed by atoms with E-state index in [2.05, 4.69) is 43.9 Å². The summed E-state index contributed by atoms with van der Waals surface area (Å²) >= 11 is 0. The molecule has 1 saturated heterocycles. The van der Waals surface area contributed by atoms with Gasteiger partial charge >= 0.3 is 0 Å². The van der Waals surface area contributed by atoms with Crippen LogP contribution in [0.5, 0.6) is 0 Å². The lowest BCUT2D eigenvalue weighted by Gasteiger charge is -2.39. The molecule has 0 N–H and O–H groups in total. The van der Waals surface area contributed by atoms with E-state index in [0.717, 1.165) is 35.9 Å². The van der Waals surface area contributed by atoms with Crippen LogP contribution in [0.3, 0.4) is 0 Å². The number of carbonyl (C=O) groups is 1. The second-order valence-corrected chi connectivity index (χ2v) is 9.83. The molecule has 27 heavy (non-hydrogen) atoms. The fraction of sp³-hybridized carbons (Fsp3) is 0.458. The zero-order valence-electron chi connectivity index (χ0n) is 16.4. The van der Waals surface area contributed by atoms with Gasteiger partial charge in [-0.25, -0.2) is 0 Å². The minimum Gasteiger partial charge on any atom is -0.464 e. The van der Waals surface area contributed by atoms with Crippen molar-refractivity contribution in [2.75, 3.05) is 6.54 Å². The van der Waals surface area contributed by atoms with Crippen LogP contribution in [0, 0.1) is 10.8 Å². The Bertz CT molecular complexity index is 1050. The zero-order valence-corrected chi connectivity index (χ0v) is 16.4. The molecular formula is C24H27NO2. The quantitative estimate of drug-likeness (QED) is 0.599. The molecule has 0 radical (unpaired) electrons. The molecule has 3 aromatic rings. The van der Waals surface area contributed by atoms with Crippen molar-refractivity contribution >= 4 is 27.6 Å². The summed E-state index contributed by atoms with van der Waals surface area (Å²) in [6, 6.07) is 12.8. The molecule has 140 valence electrons. The topological polar surface area (TPSA) is 33.5 Å². The van der Waals surface area contributed by atoms with Crippen LogP contribution in [0.15, 0.2) is 47.1 Å². The third-order valence-corrected chi connectivity index (χ3v) is 6.62. The number of carbonyl (C=O) groups excluding carboxylic acids is 1. The lowest BCUT2D eigenvalue weighted by molar-refractivity contribution is -0.131. The summed E-state index contributed by atoms with van der Waals surface area (Å²) in [5.74, 6) is 0.247. The van der Waals surface area contributed by atoms with Crippen molar-refractivity contribution in [3.05, 3.63) is 48.2 Å². The summed E-state index contributed by atoms with van der Waals surface area (Å²) in [5, 5.41) is 3.45. The number of furan rings is 1. The van der Waals surface area contributed by atoms with Gasteiger partial charge in [-0.1, -0.05) is 51.1 Å². The predicted molar refractivity (Wildman–Crippen MR) is 109 cm³/mol. The largest absolute Gasteiger partial charge is 0.464 e. The first-order valence-corrected chi connectivity index (χ1v) is 10.0. The molecule has 2 heterocycles. The van der Waals surface area contributed by atoms with Crippen LogP contribution in [-0.4, -0.2) is 23.4 Å². The molecule has 1 aromatic heterocycles. The Morgan fingerprint density at radius 1 is 1.15 bits per heavy atom. The van der Waals surface area contributed by atoms with Gasteiger partial charge in [-0.05, 0) is 46.9 Å². The van der Waals surface area contributed by atoms with Crippen LogP contribution in [0.2, 0.25) is 0 Å². The molecule has 3 nitrogen and oxygen atoms in total.